The van der Waals surface area contributed by atoms with Crippen molar-refractivity contribution in [2.75, 3.05) is 0 Å². The van der Waals surface area contributed by atoms with Crippen molar-refractivity contribution in [3.8, 4) is 22.3 Å². The second-order valence-corrected chi connectivity index (χ2v) is 13.6. The van der Waals surface area contributed by atoms with E-state index in [2.05, 4.69) is 140 Å². The Morgan fingerprint density at radius 2 is 1.04 bits per heavy atom. The fourth-order valence-electron chi connectivity index (χ4n) is 6.90. The van der Waals surface area contributed by atoms with Gasteiger partial charge in [0, 0.05) is 0 Å². The molecule has 1 fully saturated rings. The van der Waals surface area contributed by atoms with E-state index in [4.69, 9.17) is 0 Å². The molecule has 0 nitrogen and oxygen atoms in total. The molecule has 0 bridgehead atoms. The van der Waals surface area contributed by atoms with Gasteiger partial charge in [-0.15, -0.1) is 46.2 Å². The topological polar surface area (TPSA) is 0 Å². The zero-order chi connectivity index (χ0) is 30.5. The van der Waals surface area contributed by atoms with Crippen molar-refractivity contribution in [1.29, 1.82) is 0 Å². The van der Waals surface area contributed by atoms with E-state index in [1.807, 2.05) is 12.2 Å². The van der Waals surface area contributed by atoms with Crippen molar-refractivity contribution >= 4 is 25.4 Å². The first-order chi connectivity index (χ1) is 20.7. The Morgan fingerprint density at radius 1 is 0.600 bits per heavy atom. The Morgan fingerprint density at radius 3 is 1.36 bits per heavy atom. The molecule has 0 unspecified atom stereocenters. The van der Waals surface area contributed by atoms with Crippen LogP contribution in [0.3, 0.4) is 0 Å². The number of rotatable bonds is 2. The molecule has 0 atom stereocenters. The van der Waals surface area contributed by atoms with Crippen LogP contribution >= 0.6 is 0 Å². The summed E-state index contributed by atoms with van der Waals surface area (Å²) in [6.45, 7) is 13.3. The van der Waals surface area contributed by atoms with Crippen molar-refractivity contribution in [1.82, 2.24) is 0 Å². The van der Waals surface area contributed by atoms with Gasteiger partial charge in [0.1, 0.15) is 0 Å². The first-order valence-electron chi connectivity index (χ1n) is 15.8. The maximum atomic E-state index is 2.99. The predicted molar refractivity (Wildman–Crippen MR) is 186 cm³/mol. The van der Waals surface area contributed by atoms with Crippen molar-refractivity contribution in [2.45, 2.75) is 80.1 Å². The van der Waals surface area contributed by atoms with Crippen molar-refractivity contribution in [2.24, 2.45) is 0 Å². The van der Waals surface area contributed by atoms with Gasteiger partial charge in [-0.1, -0.05) is 59.7 Å². The minimum absolute atomic E-state index is 0. The van der Waals surface area contributed by atoms with Crippen LogP contribution in [0, 0.1) is 47.6 Å². The molecular weight excluding hydrogens is 623 g/mol. The predicted octanol–water partition coefficient (Wildman–Crippen LogP) is 5.88. The summed E-state index contributed by atoms with van der Waals surface area (Å²) < 4.78 is 1.71. The Labute approximate surface area is 295 Å². The maximum absolute atomic E-state index is 2.99. The number of fused-ring (bicyclic) bond motifs is 3. The standard InChI is InChI=1S/C31H29.C6H10.C5H5.2ClH.Ti/c1-18-11-20(3)30(21(4)12-18)26-9-7-24-15-25-8-10-27(17-29(25)28(24)16-26)31-22(5)13-19(2)14-23(31)6;1-2-4-6-5-3-1;1-2-4-5-3-1;;;/h7-17H,1-6H3;1-5H2;1-3H,4H2;2*1H;/q-1;;-1;;;+2/p-2. The van der Waals surface area contributed by atoms with E-state index in [-0.39, 0.29) is 24.8 Å². The summed E-state index contributed by atoms with van der Waals surface area (Å²) in [5, 5.41) is 5.32. The van der Waals surface area contributed by atoms with Crippen LogP contribution < -0.4 is 24.8 Å². The summed E-state index contributed by atoms with van der Waals surface area (Å²) >= 11 is 2.28. The average molecular weight is 668 g/mol. The second kappa shape index (κ2) is 16.8. The van der Waals surface area contributed by atoms with E-state index in [1.54, 1.807) is 3.81 Å². The number of allylic oxidation sites excluding steroid dienone is 4. The average Bonchev–Trinajstić information content (AvgIpc) is 3.65. The molecule has 0 aliphatic heterocycles. The van der Waals surface area contributed by atoms with Gasteiger partial charge in [-0.25, -0.2) is 12.2 Å². The van der Waals surface area contributed by atoms with Crippen LogP contribution in [-0.2, 0) is 20.0 Å². The molecule has 0 radical (unpaired) electrons. The van der Waals surface area contributed by atoms with Crippen LogP contribution in [0.15, 0.2) is 85.0 Å². The Balaban J connectivity index is 0.000000330. The molecule has 232 valence electrons. The second-order valence-electron chi connectivity index (χ2n) is 12.5. The van der Waals surface area contributed by atoms with Gasteiger partial charge in [0.25, 0.3) is 0 Å². The normalized spacial score (nSPS) is 13.5. The van der Waals surface area contributed by atoms with E-state index in [0.29, 0.717) is 0 Å². The van der Waals surface area contributed by atoms with Gasteiger partial charge in [0.15, 0.2) is 0 Å². The van der Waals surface area contributed by atoms with Gasteiger partial charge >= 0.3 is 55.9 Å². The van der Waals surface area contributed by atoms with E-state index in [9.17, 15) is 0 Å². The van der Waals surface area contributed by atoms with E-state index < -0.39 is 0 Å². The summed E-state index contributed by atoms with van der Waals surface area (Å²) in [4.78, 5) is 0. The molecule has 2 aliphatic carbocycles. The molecule has 5 aromatic carbocycles. The monoisotopic (exact) mass is 666 g/mol. The summed E-state index contributed by atoms with van der Waals surface area (Å²) in [6.07, 6.45) is 17.2. The summed E-state index contributed by atoms with van der Waals surface area (Å²) in [5.74, 6) is 0. The molecule has 0 saturated heterocycles. The molecule has 0 spiro atoms. The summed E-state index contributed by atoms with van der Waals surface area (Å²) in [6, 6.07) is 25.4. The first kappa shape index (κ1) is 36.9. The molecule has 0 heterocycles. The van der Waals surface area contributed by atoms with Crippen LogP contribution in [0.4, 0.5) is 0 Å². The third-order valence-electron chi connectivity index (χ3n) is 8.68. The van der Waals surface area contributed by atoms with Crippen LogP contribution in [-0.4, -0.2) is 3.81 Å². The van der Waals surface area contributed by atoms with Crippen molar-refractivity contribution in [3.63, 3.8) is 0 Å². The molecule has 3 heteroatoms. The Kier molecular flexibility index (Phi) is 13.8. The van der Waals surface area contributed by atoms with Gasteiger partial charge in [-0.05, 0) is 86.1 Å². The van der Waals surface area contributed by atoms with Crippen LogP contribution in [0.25, 0.3) is 43.8 Å². The summed E-state index contributed by atoms with van der Waals surface area (Å²) in [7, 11) is 0. The van der Waals surface area contributed by atoms with Gasteiger partial charge in [0.05, 0.1) is 0 Å². The number of aryl methyl sites for hydroxylation is 6. The number of halogens is 2. The van der Waals surface area contributed by atoms with Crippen LogP contribution in [0.5, 0.6) is 0 Å². The molecule has 0 amide bonds. The zero-order valence-corrected chi connectivity index (χ0v) is 30.7. The van der Waals surface area contributed by atoms with Gasteiger partial charge in [-0.3, -0.25) is 6.08 Å². The molecule has 45 heavy (non-hydrogen) atoms. The molecule has 2 aliphatic rings. The first-order valence-corrected chi connectivity index (χ1v) is 16.6. The number of benzene rings is 4. The molecule has 5 aromatic rings. The third-order valence-corrected chi connectivity index (χ3v) is 9.46. The Bertz CT molecular complexity index is 1670. The fraction of sp³-hybridized carbons (Fsp3) is 0.286. The van der Waals surface area contributed by atoms with Gasteiger partial charge in [0.2, 0.25) is 0 Å². The molecule has 1 saturated carbocycles. The van der Waals surface area contributed by atoms with E-state index in [0.717, 1.165) is 6.42 Å². The molecule has 0 aromatic heterocycles. The summed E-state index contributed by atoms with van der Waals surface area (Å²) in [5.41, 5.74) is 13.4. The van der Waals surface area contributed by atoms with Crippen LogP contribution in [0.1, 0.15) is 71.9 Å². The van der Waals surface area contributed by atoms with Gasteiger partial charge < -0.3 is 24.8 Å². The molecule has 0 N–H and O–H groups in total. The molecule has 7 rings (SSSR count). The van der Waals surface area contributed by atoms with Crippen molar-refractivity contribution < 1.29 is 44.8 Å². The SMILES string of the molecule is Cc1cc(C)c(-c2ccc3[cH-]c4ccc(-c5c(C)cc(C)cc5C)cc4c3c2)c(C)c1.[C-]1=CC=CC1.[Cl-].[Cl-].[Ti+2]=[C]1CCCCC1. The minimum atomic E-state index is 0. The Hall–Kier alpha value is -2.61. The van der Waals surface area contributed by atoms with Crippen LogP contribution in [0.2, 0.25) is 0 Å². The quantitative estimate of drug-likeness (QED) is 0.163. The fourth-order valence-corrected chi connectivity index (χ4v) is 7.45. The zero-order valence-electron chi connectivity index (χ0n) is 27.6. The van der Waals surface area contributed by atoms with E-state index in [1.165, 1.54) is 109 Å². The van der Waals surface area contributed by atoms with Crippen molar-refractivity contribution in [3.05, 3.63) is 124 Å². The van der Waals surface area contributed by atoms with Gasteiger partial charge in [-0.2, -0.15) is 6.08 Å². The molecular formula is C42H44Cl2Ti-2. The third kappa shape index (κ3) is 9.02. The number of hydrogen-bond acceptors (Lipinski definition) is 0. The number of hydrogen-bond donors (Lipinski definition) is 0. The van der Waals surface area contributed by atoms with E-state index >= 15 is 0 Å².